The summed E-state index contributed by atoms with van der Waals surface area (Å²) in [5, 5.41) is 0.551. The first-order valence-corrected chi connectivity index (χ1v) is 5.63. The molecule has 0 amide bonds. The highest BCUT2D eigenvalue weighted by Gasteiger charge is 2.10. The molecule has 0 radical (unpaired) electrons. The van der Waals surface area contributed by atoms with Gasteiger partial charge in [0.2, 0.25) is 0 Å². The summed E-state index contributed by atoms with van der Waals surface area (Å²) in [5.74, 6) is 2.71. The number of rotatable bonds is 1. The second-order valence-corrected chi connectivity index (χ2v) is 4.23. The summed E-state index contributed by atoms with van der Waals surface area (Å²) in [6, 6.07) is 11.5. The van der Waals surface area contributed by atoms with Crippen molar-refractivity contribution in [3.8, 4) is 23.5 Å². The largest absolute Gasteiger partial charge is 0.398 e. The molecule has 0 saturated carbocycles. The van der Waals surface area contributed by atoms with Crippen molar-refractivity contribution in [2.45, 2.75) is 6.92 Å². The maximum Gasteiger partial charge on any atom is 0.0714 e. The summed E-state index contributed by atoms with van der Waals surface area (Å²) in [6.45, 7) is 1.99. The quantitative estimate of drug-likeness (QED) is 0.595. The van der Waals surface area contributed by atoms with Gasteiger partial charge in [0.1, 0.15) is 0 Å². The van der Waals surface area contributed by atoms with E-state index >= 15 is 0 Å². The molecule has 2 aromatic rings. The van der Waals surface area contributed by atoms with E-state index in [2.05, 4.69) is 5.92 Å². The molecule has 1 nitrogen and oxygen atoms in total. The van der Waals surface area contributed by atoms with Crippen LogP contribution in [0.1, 0.15) is 11.1 Å². The monoisotopic (exact) mass is 241 g/mol. The van der Waals surface area contributed by atoms with Crippen molar-refractivity contribution in [1.29, 1.82) is 0 Å². The van der Waals surface area contributed by atoms with Gasteiger partial charge in [0, 0.05) is 11.1 Å². The van der Waals surface area contributed by atoms with E-state index in [-0.39, 0.29) is 0 Å². The van der Waals surface area contributed by atoms with E-state index in [0.29, 0.717) is 10.7 Å². The van der Waals surface area contributed by atoms with E-state index in [9.17, 15) is 0 Å². The van der Waals surface area contributed by atoms with Crippen LogP contribution < -0.4 is 5.73 Å². The van der Waals surface area contributed by atoms with Crippen molar-refractivity contribution in [1.82, 2.24) is 0 Å². The van der Waals surface area contributed by atoms with Gasteiger partial charge in [-0.15, -0.1) is 6.42 Å². The minimum Gasteiger partial charge on any atom is -0.398 e. The van der Waals surface area contributed by atoms with Crippen LogP contribution in [0.4, 0.5) is 5.69 Å². The molecule has 0 spiro atoms. The van der Waals surface area contributed by atoms with Gasteiger partial charge in [-0.3, -0.25) is 0 Å². The predicted molar refractivity (Wildman–Crippen MR) is 74.0 cm³/mol. The molecule has 0 bridgehead atoms. The van der Waals surface area contributed by atoms with Crippen LogP contribution in [0.3, 0.4) is 0 Å². The average Bonchev–Trinajstić information content (AvgIpc) is 2.32. The molecule has 0 aliphatic carbocycles. The zero-order valence-corrected chi connectivity index (χ0v) is 10.3. The Morgan fingerprint density at radius 2 is 1.76 bits per heavy atom. The molecule has 0 unspecified atom stereocenters. The highest BCUT2D eigenvalue weighted by Crippen LogP contribution is 2.34. The molecule has 0 aliphatic rings. The van der Waals surface area contributed by atoms with Gasteiger partial charge in [-0.1, -0.05) is 47.9 Å². The van der Waals surface area contributed by atoms with Crippen LogP contribution in [0.5, 0.6) is 0 Å². The van der Waals surface area contributed by atoms with E-state index < -0.39 is 0 Å². The molecule has 2 aromatic carbocycles. The Bertz CT molecular complexity index is 609. The molecule has 0 saturated heterocycles. The highest BCUT2D eigenvalue weighted by molar-refractivity contribution is 6.35. The Hall–Kier alpha value is -1.91. The van der Waals surface area contributed by atoms with Gasteiger partial charge in [-0.05, 0) is 24.1 Å². The lowest BCUT2D eigenvalue weighted by Crippen LogP contribution is -1.92. The van der Waals surface area contributed by atoms with Crippen molar-refractivity contribution in [2.24, 2.45) is 0 Å². The zero-order valence-electron chi connectivity index (χ0n) is 9.50. The van der Waals surface area contributed by atoms with Crippen LogP contribution in [0.25, 0.3) is 11.1 Å². The maximum absolute atomic E-state index is 6.22. The first kappa shape index (κ1) is 11.6. The van der Waals surface area contributed by atoms with Gasteiger partial charge in [-0.2, -0.15) is 0 Å². The number of halogens is 1. The van der Waals surface area contributed by atoms with Gasteiger partial charge >= 0.3 is 0 Å². The molecule has 2 heteroatoms. The normalized spacial score (nSPS) is 9.94. The standard InChI is InChI=1S/C15H12ClN/c1-3-11-10(2)6-4-7-12(11)13-8-5-9-14(17)15(13)16/h1,4-9H,17H2,2H3. The van der Waals surface area contributed by atoms with Gasteiger partial charge in [-0.25, -0.2) is 0 Å². The minimum absolute atomic E-state index is 0.551. The van der Waals surface area contributed by atoms with Crippen LogP contribution in [-0.2, 0) is 0 Å². The van der Waals surface area contributed by atoms with Gasteiger partial charge in [0.15, 0.2) is 0 Å². The van der Waals surface area contributed by atoms with Crippen molar-refractivity contribution in [3.63, 3.8) is 0 Å². The molecule has 84 valence electrons. The number of hydrogen-bond acceptors (Lipinski definition) is 1. The van der Waals surface area contributed by atoms with Crippen LogP contribution in [0.15, 0.2) is 36.4 Å². The Morgan fingerprint density at radius 3 is 2.47 bits per heavy atom. The molecule has 2 rings (SSSR count). The molecule has 0 aliphatic heterocycles. The maximum atomic E-state index is 6.22. The fourth-order valence-corrected chi connectivity index (χ4v) is 2.07. The predicted octanol–water partition coefficient (Wildman–Crippen LogP) is 3.88. The molecular formula is C15H12ClN. The summed E-state index contributed by atoms with van der Waals surface area (Å²) in [7, 11) is 0. The summed E-state index contributed by atoms with van der Waals surface area (Å²) in [4.78, 5) is 0. The van der Waals surface area contributed by atoms with Gasteiger partial charge < -0.3 is 5.73 Å². The smallest absolute Gasteiger partial charge is 0.0714 e. The molecule has 0 heterocycles. The van der Waals surface area contributed by atoms with Crippen molar-refractivity contribution in [3.05, 3.63) is 52.5 Å². The van der Waals surface area contributed by atoms with Crippen molar-refractivity contribution >= 4 is 17.3 Å². The Kier molecular flexibility index (Phi) is 3.08. The number of nitrogens with two attached hydrogens (primary N) is 1. The Labute approximate surface area is 106 Å². The zero-order chi connectivity index (χ0) is 12.4. The number of anilines is 1. The summed E-state index contributed by atoms with van der Waals surface area (Å²) < 4.78 is 0. The molecule has 2 N–H and O–H groups in total. The average molecular weight is 242 g/mol. The number of aryl methyl sites for hydroxylation is 1. The number of benzene rings is 2. The van der Waals surface area contributed by atoms with Crippen LogP contribution in [-0.4, -0.2) is 0 Å². The molecule has 0 aromatic heterocycles. The number of nitrogen functional groups attached to an aromatic ring is 1. The fourth-order valence-electron chi connectivity index (χ4n) is 1.84. The van der Waals surface area contributed by atoms with E-state index in [4.69, 9.17) is 23.8 Å². The summed E-state index contributed by atoms with van der Waals surface area (Å²) in [6.07, 6.45) is 5.55. The van der Waals surface area contributed by atoms with Gasteiger partial charge in [0.25, 0.3) is 0 Å². The first-order chi connectivity index (χ1) is 8.15. The van der Waals surface area contributed by atoms with E-state index in [1.54, 1.807) is 6.07 Å². The molecule has 0 fully saturated rings. The third-order valence-electron chi connectivity index (χ3n) is 2.74. The molecular weight excluding hydrogens is 230 g/mol. The van der Waals surface area contributed by atoms with Crippen LogP contribution in [0.2, 0.25) is 5.02 Å². The summed E-state index contributed by atoms with van der Waals surface area (Å²) >= 11 is 6.22. The van der Waals surface area contributed by atoms with Gasteiger partial charge in [0.05, 0.1) is 10.7 Å². The third kappa shape index (κ3) is 2.00. The topological polar surface area (TPSA) is 26.0 Å². The second kappa shape index (κ2) is 4.53. The number of terminal acetylenes is 1. The van der Waals surface area contributed by atoms with E-state index in [1.807, 2.05) is 37.3 Å². The second-order valence-electron chi connectivity index (χ2n) is 3.85. The minimum atomic E-state index is 0.551. The molecule has 17 heavy (non-hydrogen) atoms. The van der Waals surface area contributed by atoms with E-state index in [1.165, 1.54) is 0 Å². The third-order valence-corrected chi connectivity index (χ3v) is 3.16. The van der Waals surface area contributed by atoms with E-state index in [0.717, 1.165) is 22.3 Å². The van der Waals surface area contributed by atoms with Crippen LogP contribution >= 0.6 is 11.6 Å². The lowest BCUT2D eigenvalue weighted by molar-refractivity contribution is 1.43. The Morgan fingerprint density at radius 1 is 1.12 bits per heavy atom. The van der Waals surface area contributed by atoms with Crippen molar-refractivity contribution in [2.75, 3.05) is 5.73 Å². The molecule has 0 atom stereocenters. The lowest BCUT2D eigenvalue weighted by atomic mass is 9.96. The highest BCUT2D eigenvalue weighted by atomic mass is 35.5. The number of hydrogen-bond donors (Lipinski definition) is 1. The fraction of sp³-hybridized carbons (Fsp3) is 0.0667. The summed E-state index contributed by atoms with van der Waals surface area (Å²) in [5.41, 5.74) is 10.1. The first-order valence-electron chi connectivity index (χ1n) is 5.25. The Balaban J connectivity index is 2.74. The van der Waals surface area contributed by atoms with Crippen LogP contribution in [0, 0.1) is 19.3 Å². The lowest BCUT2D eigenvalue weighted by Gasteiger charge is -2.10. The SMILES string of the molecule is C#Cc1c(C)cccc1-c1cccc(N)c1Cl. The van der Waals surface area contributed by atoms with Crippen molar-refractivity contribution < 1.29 is 0 Å².